The maximum Gasteiger partial charge on any atom is 0.193 e. The topological polar surface area (TPSA) is 45.5 Å². The fourth-order valence-corrected chi connectivity index (χ4v) is 2.85. The minimum atomic E-state index is 0.759. The van der Waals surface area contributed by atoms with Crippen molar-refractivity contribution in [3.63, 3.8) is 0 Å². The van der Waals surface area contributed by atoms with Gasteiger partial charge in [0.05, 0.1) is 5.69 Å². The van der Waals surface area contributed by atoms with E-state index in [1.54, 1.807) is 0 Å². The Morgan fingerprint density at radius 3 is 2.54 bits per heavy atom. The highest BCUT2D eigenvalue weighted by Crippen LogP contribution is 2.12. The van der Waals surface area contributed by atoms with E-state index in [1.807, 2.05) is 17.8 Å². The molecule has 1 heterocycles. The molecule has 0 aliphatic carbocycles. The number of aliphatic imine (C=N–C) groups is 1. The van der Waals surface area contributed by atoms with Crippen LogP contribution in [0.3, 0.4) is 0 Å². The zero-order valence-electron chi connectivity index (χ0n) is 15.5. The predicted octanol–water partition coefficient (Wildman–Crippen LogP) is 2.68. The van der Waals surface area contributed by atoms with Crippen LogP contribution >= 0.6 is 0 Å². The minimum Gasteiger partial charge on any atom is -0.357 e. The van der Waals surface area contributed by atoms with E-state index in [2.05, 4.69) is 67.4 Å². The highest BCUT2D eigenvalue weighted by Gasteiger charge is 2.10. The monoisotopic (exact) mass is 327 g/mol. The number of rotatable bonds is 6. The van der Waals surface area contributed by atoms with Crippen LogP contribution in [0.5, 0.6) is 0 Å². The van der Waals surface area contributed by atoms with Crippen LogP contribution in [0.1, 0.15) is 29.4 Å². The predicted molar refractivity (Wildman–Crippen MR) is 100 cm³/mol. The Morgan fingerprint density at radius 2 is 1.96 bits per heavy atom. The van der Waals surface area contributed by atoms with E-state index in [0.29, 0.717) is 0 Å². The average Bonchev–Trinajstić information content (AvgIpc) is 2.81. The van der Waals surface area contributed by atoms with E-state index in [9.17, 15) is 0 Å². The maximum atomic E-state index is 4.79. The molecule has 24 heavy (non-hydrogen) atoms. The van der Waals surface area contributed by atoms with Crippen molar-refractivity contribution in [2.24, 2.45) is 12.0 Å². The van der Waals surface area contributed by atoms with Gasteiger partial charge in [0.2, 0.25) is 0 Å². The van der Waals surface area contributed by atoms with Crippen LogP contribution in [-0.2, 0) is 20.0 Å². The summed E-state index contributed by atoms with van der Waals surface area (Å²) in [7, 11) is 4.07. The maximum absolute atomic E-state index is 4.79. The molecule has 0 radical (unpaired) electrons. The second kappa shape index (κ2) is 8.52. The molecule has 5 heteroatoms. The Bertz CT molecular complexity index is 673. The van der Waals surface area contributed by atoms with Gasteiger partial charge in [0.25, 0.3) is 0 Å². The number of guanidine groups is 1. The van der Waals surface area contributed by atoms with E-state index in [1.165, 1.54) is 16.8 Å². The molecule has 0 saturated heterocycles. The lowest BCUT2D eigenvalue weighted by molar-refractivity contribution is 0.477. The summed E-state index contributed by atoms with van der Waals surface area (Å²) in [6.45, 7) is 8.75. The van der Waals surface area contributed by atoms with Gasteiger partial charge < -0.3 is 10.2 Å². The van der Waals surface area contributed by atoms with Crippen molar-refractivity contribution in [3.8, 4) is 0 Å². The van der Waals surface area contributed by atoms with Crippen LogP contribution in [-0.4, -0.2) is 40.8 Å². The van der Waals surface area contributed by atoms with Crippen LogP contribution in [0.25, 0.3) is 0 Å². The third-order valence-electron chi connectivity index (χ3n) is 4.24. The van der Waals surface area contributed by atoms with Crippen LogP contribution in [0, 0.1) is 13.8 Å². The molecular weight excluding hydrogens is 298 g/mol. The fourth-order valence-electron chi connectivity index (χ4n) is 2.85. The van der Waals surface area contributed by atoms with Crippen molar-refractivity contribution >= 4 is 5.96 Å². The molecule has 0 amide bonds. The van der Waals surface area contributed by atoms with Crippen LogP contribution in [0.2, 0.25) is 0 Å². The standard InChI is InChI=1S/C19H29N5/c1-6-20-19(23(4)14-17-10-8-7-9-11-17)21-13-12-18-15(2)22-24(5)16(18)3/h7-11H,6,12-14H2,1-5H3,(H,20,21). The van der Waals surface area contributed by atoms with Gasteiger partial charge in [0.15, 0.2) is 5.96 Å². The van der Waals surface area contributed by atoms with E-state index >= 15 is 0 Å². The van der Waals surface area contributed by atoms with Crippen LogP contribution in [0.15, 0.2) is 35.3 Å². The molecule has 0 aliphatic heterocycles. The van der Waals surface area contributed by atoms with Gasteiger partial charge in [-0.15, -0.1) is 0 Å². The number of nitrogens with zero attached hydrogens (tertiary/aromatic N) is 4. The summed E-state index contributed by atoms with van der Waals surface area (Å²) >= 11 is 0. The summed E-state index contributed by atoms with van der Waals surface area (Å²) < 4.78 is 1.95. The van der Waals surface area contributed by atoms with Gasteiger partial charge >= 0.3 is 0 Å². The molecule has 0 fully saturated rings. The Kier molecular flexibility index (Phi) is 6.41. The zero-order chi connectivity index (χ0) is 17.5. The molecule has 0 spiro atoms. The van der Waals surface area contributed by atoms with Gasteiger partial charge in [0.1, 0.15) is 0 Å². The number of hydrogen-bond donors (Lipinski definition) is 1. The highest BCUT2D eigenvalue weighted by atomic mass is 15.3. The lowest BCUT2D eigenvalue weighted by Crippen LogP contribution is -2.38. The minimum absolute atomic E-state index is 0.759. The molecule has 0 atom stereocenters. The first-order chi connectivity index (χ1) is 11.5. The van der Waals surface area contributed by atoms with Crippen molar-refractivity contribution in [2.75, 3.05) is 20.1 Å². The third-order valence-corrected chi connectivity index (χ3v) is 4.24. The molecule has 0 aliphatic rings. The van der Waals surface area contributed by atoms with Gasteiger partial charge in [-0.3, -0.25) is 9.67 Å². The summed E-state index contributed by atoms with van der Waals surface area (Å²) in [5.74, 6) is 0.945. The van der Waals surface area contributed by atoms with Gasteiger partial charge in [0, 0.05) is 39.4 Å². The molecule has 130 valence electrons. The van der Waals surface area contributed by atoms with Gasteiger partial charge in [-0.2, -0.15) is 5.10 Å². The summed E-state index contributed by atoms with van der Waals surface area (Å²) in [4.78, 5) is 6.96. The number of aryl methyl sites for hydroxylation is 2. The van der Waals surface area contributed by atoms with Crippen molar-refractivity contribution in [1.29, 1.82) is 0 Å². The molecular formula is C19H29N5. The lowest BCUT2D eigenvalue weighted by Gasteiger charge is -2.22. The van der Waals surface area contributed by atoms with Crippen molar-refractivity contribution in [3.05, 3.63) is 52.8 Å². The Balaban J connectivity index is 2.02. The van der Waals surface area contributed by atoms with Crippen LogP contribution in [0.4, 0.5) is 0 Å². The molecule has 0 unspecified atom stereocenters. The average molecular weight is 327 g/mol. The molecule has 2 aromatic rings. The molecule has 2 rings (SSSR count). The van der Waals surface area contributed by atoms with Gasteiger partial charge in [-0.1, -0.05) is 30.3 Å². The highest BCUT2D eigenvalue weighted by molar-refractivity contribution is 5.79. The zero-order valence-corrected chi connectivity index (χ0v) is 15.5. The molecule has 0 saturated carbocycles. The van der Waals surface area contributed by atoms with E-state index in [0.717, 1.165) is 37.7 Å². The number of hydrogen-bond acceptors (Lipinski definition) is 2. The van der Waals surface area contributed by atoms with E-state index in [-0.39, 0.29) is 0 Å². The van der Waals surface area contributed by atoms with E-state index < -0.39 is 0 Å². The SMILES string of the molecule is CCNC(=NCCc1c(C)nn(C)c1C)N(C)Cc1ccccc1. The molecule has 1 aromatic heterocycles. The molecule has 0 bridgehead atoms. The van der Waals surface area contributed by atoms with Crippen LogP contribution < -0.4 is 5.32 Å². The summed E-state index contributed by atoms with van der Waals surface area (Å²) in [5.41, 5.74) is 4.92. The van der Waals surface area contributed by atoms with Crippen molar-refractivity contribution in [1.82, 2.24) is 20.0 Å². The summed E-state index contributed by atoms with van der Waals surface area (Å²) in [6, 6.07) is 10.5. The third kappa shape index (κ3) is 4.60. The quantitative estimate of drug-likeness (QED) is 0.655. The Hall–Kier alpha value is -2.30. The van der Waals surface area contributed by atoms with Gasteiger partial charge in [-0.25, -0.2) is 0 Å². The molecule has 5 nitrogen and oxygen atoms in total. The molecule has 1 N–H and O–H groups in total. The second-order valence-corrected chi connectivity index (χ2v) is 6.10. The smallest absolute Gasteiger partial charge is 0.193 e. The number of aromatic nitrogens is 2. The van der Waals surface area contributed by atoms with E-state index in [4.69, 9.17) is 4.99 Å². The lowest BCUT2D eigenvalue weighted by atomic mass is 10.1. The first kappa shape index (κ1) is 18.0. The molecule has 1 aromatic carbocycles. The first-order valence-electron chi connectivity index (χ1n) is 8.55. The van der Waals surface area contributed by atoms with Crippen molar-refractivity contribution in [2.45, 2.75) is 33.7 Å². The van der Waals surface area contributed by atoms with Crippen molar-refractivity contribution < 1.29 is 0 Å². The number of benzene rings is 1. The summed E-state index contributed by atoms with van der Waals surface area (Å²) in [5, 5.41) is 7.86. The first-order valence-corrected chi connectivity index (χ1v) is 8.55. The van der Waals surface area contributed by atoms with Gasteiger partial charge in [-0.05, 0) is 38.3 Å². The summed E-state index contributed by atoms with van der Waals surface area (Å²) in [6.07, 6.45) is 0.916. The Morgan fingerprint density at radius 1 is 1.25 bits per heavy atom. The largest absolute Gasteiger partial charge is 0.357 e. The fraction of sp³-hybridized carbons (Fsp3) is 0.474. The normalized spacial score (nSPS) is 11.6. The Labute approximate surface area is 145 Å². The number of nitrogens with one attached hydrogen (secondary N) is 1. The second-order valence-electron chi connectivity index (χ2n) is 6.10.